The predicted molar refractivity (Wildman–Crippen MR) is 37.0 cm³/mol. The number of carboxylic acids is 2. The highest BCUT2D eigenvalue weighted by Gasteiger charge is 2.19. The Hall–Kier alpha value is -1.10. The molecule has 0 aromatic heterocycles. The van der Waals surface area contributed by atoms with Crippen LogP contribution in [0.25, 0.3) is 0 Å². The van der Waals surface area contributed by atoms with E-state index in [-0.39, 0.29) is 13.3 Å². The van der Waals surface area contributed by atoms with Crippen LogP contribution in [0, 0.1) is 5.92 Å². The maximum absolute atomic E-state index is 10.3. The molecule has 0 aliphatic rings. The van der Waals surface area contributed by atoms with E-state index in [0.29, 0.717) is 0 Å². The van der Waals surface area contributed by atoms with Crippen LogP contribution in [0.5, 0.6) is 0 Å². The summed E-state index contributed by atoms with van der Waals surface area (Å²) in [5.41, 5.74) is 5.08. The van der Waals surface area contributed by atoms with Crippen molar-refractivity contribution in [2.45, 2.75) is 19.4 Å². The molecule has 1 unspecified atom stereocenters. The van der Waals surface area contributed by atoms with Gasteiger partial charge in [-0.25, -0.2) is 0 Å². The van der Waals surface area contributed by atoms with Crippen molar-refractivity contribution in [3.63, 3.8) is 0 Å². The van der Waals surface area contributed by atoms with Gasteiger partial charge in [0, 0.05) is 1.37 Å². The van der Waals surface area contributed by atoms with Crippen molar-refractivity contribution in [2.24, 2.45) is 11.7 Å². The number of rotatable bonds is 4. The Bertz CT molecular complexity index is 184. The molecule has 0 amide bonds. The summed E-state index contributed by atoms with van der Waals surface area (Å²) in [6.45, 7) is -0.351. The lowest BCUT2D eigenvalue weighted by molar-refractivity contribution is -0.143. The molecule has 64 valence electrons. The molecule has 2 atom stereocenters. The second-order valence-electron chi connectivity index (χ2n) is 2.22. The zero-order valence-electron chi connectivity index (χ0n) is 6.86. The summed E-state index contributed by atoms with van der Waals surface area (Å²) in [7, 11) is 0. The molecule has 0 fully saturated rings. The lowest BCUT2D eigenvalue weighted by Crippen LogP contribution is -2.33. The Morgan fingerprint density at radius 1 is 1.55 bits per heavy atom. The van der Waals surface area contributed by atoms with Crippen molar-refractivity contribution in [2.75, 3.05) is 0 Å². The minimum absolute atomic E-state index is 0.200. The fourth-order valence-electron chi connectivity index (χ4n) is 0.508. The third-order valence-corrected chi connectivity index (χ3v) is 1.20. The van der Waals surface area contributed by atoms with Crippen molar-refractivity contribution >= 4 is 11.9 Å². The summed E-state index contributed by atoms with van der Waals surface area (Å²) < 4.78 is 6.80. The molecule has 5 nitrogen and oxygen atoms in total. The summed E-state index contributed by atoms with van der Waals surface area (Å²) in [6, 6.07) is -1.20. The van der Waals surface area contributed by atoms with Gasteiger partial charge >= 0.3 is 11.9 Å². The number of hydrogen-bond acceptors (Lipinski definition) is 3. The molecule has 0 saturated heterocycles. The first-order valence-electron chi connectivity index (χ1n) is 3.70. The summed E-state index contributed by atoms with van der Waals surface area (Å²) in [4.78, 5) is 20.5. The van der Waals surface area contributed by atoms with Gasteiger partial charge in [0.05, 0.1) is 5.92 Å². The van der Waals surface area contributed by atoms with Crippen LogP contribution in [-0.4, -0.2) is 28.2 Å². The van der Waals surface area contributed by atoms with Crippen LogP contribution in [0.1, 0.15) is 14.7 Å². The van der Waals surface area contributed by atoms with Gasteiger partial charge in [-0.05, 0) is 6.42 Å². The average Bonchev–Trinajstić information content (AvgIpc) is 1.98. The van der Waals surface area contributed by atoms with Crippen LogP contribution in [0.4, 0.5) is 0 Å². The van der Waals surface area contributed by atoms with E-state index < -0.39 is 23.9 Å². The van der Waals surface area contributed by atoms with Crippen LogP contribution in [0.3, 0.4) is 0 Å². The van der Waals surface area contributed by atoms with Crippen molar-refractivity contribution in [1.29, 1.82) is 0 Å². The molecule has 0 aromatic rings. The zero-order valence-corrected chi connectivity index (χ0v) is 5.86. The maximum atomic E-state index is 10.3. The lowest BCUT2D eigenvalue weighted by atomic mass is 10.0. The quantitative estimate of drug-likeness (QED) is 0.517. The molecule has 0 saturated carbocycles. The molecule has 5 heteroatoms. The molecule has 0 aromatic carbocycles. The fraction of sp³-hybridized carbons (Fsp3) is 0.667. The lowest BCUT2D eigenvalue weighted by Gasteiger charge is -2.08. The second-order valence-corrected chi connectivity index (χ2v) is 2.22. The number of carbonyl (C=O) groups is 2. The summed E-state index contributed by atoms with van der Waals surface area (Å²) >= 11 is 0. The highest BCUT2D eigenvalue weighted by molar-refractivity contribution is 5.75. The summed E-state index contributed by atoms with van der Waals surface area (Å²) in [5.74, 6) is -3.41. The third-order valence-electron chi connectivity index (χ3n) is 1.20. The molecule has 11 heavy (non-hydrogen) atoms. The van der Waals surface area contributed by atoms with Gasteiger partial charge in [-0.3, -0.25) is 9.59 Å². The molecule has 0 aliphatic heterocycles. The highest BCUT2D eigenvalue weighted by Crippen LogP contribution is 2.04. The van der Waals surface area contributed by atoms with Gasteiger partial charge in [-0.1, -0.05) is 6.90 Å². The second kappa shape index (κ2) is 3.92. The largest absolute Gasteiger partial charge is 0.481 e. The standard InChI is InChI=1S/C6H11NO4/c1-3(5(8)9)2-4(7)6(10)11/h3-4H,2,7H2,1H3,(H,8,9)(H,10,11)/t3?,4-/m0/s1/i1D. The number of nitrogens with two attached hydrogens (primary N) is 1. The molecule has 0 aliphatic carbocycles. The third kappa shape index (κ3) is 3.57. The van der Waals surface area contributed by atoms with E-state index >= 15 is 0 Å². The first-order chi connectivity index (χ1) is 5.49. The number of hydrogen-bond donors (Lipinski definition) is 3. The Labute approximate surface area is 65.2 Å². The van der Waals surface area contributed by atoms with E-state index in [1.54, 1.807) is 0 Å². The topological polar surface area (TPSA) is 101 Å². The molecule has 0 spiro atoms. The van der Waals surface area contributed by atoms with Crippen LogP contribution in [-0.2, 0) is 9.59 Å². The van der Waals surface area contributed by atoms with Crippen molar-refractivity contribution in [1.82, 2.24) is 0 Å². The molecular formula is C6H11NO4. The van der Waals surface area contributed by atoms with Crippen LogP contribution >= 0.6 is 0 Å². The van der Waals surface area contributed by atoms with Gasteiger partial charge in [0.15, 0.2) is 0 Å². The van der Waals surface area contributed by atoms with Gasteiger partial charge in [0.1, 0.15) is 6.04 Å². The van der Waals surface area contributed by atoms with E-state index in [0.717, 1.165) is 0 Å². The number of aliphatic carboxylic acids is 2. The summed E-state index contributed by atoms with van der Waals surface area (Å²) in [6.07, 6.45) is -0.200. The van der Waals surface area contributed by atoms with Gasteiger partial charge < -0.3 is 15.9 Å². The Morgan fingerprint density at radius 2 is 2.09 bits per heavy atom. The predicted octanol–water partition coefficient (Wildman–Crippen LogP) is -0.491. The van der Waals surface area contributed by atoms with Gasteiger partial charge in [-0.15, -0.1) is 0 Å². The van der Waals surface area contributed by atoms with Crippen LogP contribution < -0.4 is 5.73 Å². The first kappa shape index (κ1) is 8.00. The van der Waals surface area contributed by atoms with Crippen LogP contribution in [0.2, 0.25) is 0 Å². The van der Waals surface area contributed by atoms with Gasteiger partial charge in [0.2, 0.25) is 0 Å². The molecule has 0 heterocycles. The molecule has 0 rings (SSSR count). The minimum Gasteiger partial charge on any atom is -0.481 e. The Kier molecular flexibility index (Phi) is 2.85. The normalized spacial score (nSPS) is 16.6. The van der Waals surface area contributed by atoms with E-state index in [9.17, 15) is 9.59 Å². The van der Waals surface area contributed by atoms with Crippen molar-refractivity contribution in [3.8, 4) is 0 Å². The van der Waals surface area contributed by atoms with Crippen LogP contribution in [0.15, 0.2) is 0 Å². The van der Waals surface area contributed by atoms with E-state index in [1.807, 2.05) is 0 Å². The van der Waals surface area contributed by atoms with Crippen molar-refractivity contribution in [3.05, 3.63) is 0 Å². The van der Waals surface area contributed by atoms with Gasteiger partial charge in [0.25, 0.3) is 0 Å². The molecular weight excluding hydrogens is 150 g/mol. The average molecular weight is 162 g/mol. The first-order valence-corrected chi connectivity index (χ1v) is 2.99. The Morgan fingerprint density at radius 3 is 2.36 bits per heavy atom. The van der Waals surface area contributed by atoms with E-state index in [4.69, 9.17) is 17.3 Å². The minimum atomic E-state index is -1.24. The molecule has 4 N–H and O–H groups in total. The maximum Gasteiger partial charge on any atom is 0.320 e. The molecule has 0 radical (unpaired) electrons. The summed E-state index contributed by atoms with van der Waals surface area (Å²) in [5, 5.41) is 16.8. The van der Waals surface area contributed by atoms with E-state index in [2.05, 4.69) is 0 Å². The monoisotopic (exact) mass is 162 g/mol. The smallest absolute Gasteiger partial charge is 0.320 e. The highest BCUT2D eigenvalue weighted by atomic mass is 16.4. The SMILES string of the molecule is [2H]CC(C[C@H](N)C(=O)O)C(=O)O. The Balaban J connectivity index is 4.02. The fourth-order valence-corrected chi connectivity index (χ4v) is 0.508. The molecule has 0 bridgehead atoms. The van der Waals surface area contributed by atoms with Gasteiger partial charge in [-0.2, -0.15) is 0 Å². The number of carboxylic acid groups (broad SMARTS) is 2. The zero-order chi connectivity index (χ0) is 9.72. The van der Waals surface area contributed by atoms with Crippen molar-refractivity contribution < 1.29 is 21.2 Å². The van der Waals surface area contributed by atoms with E-state index in [1.165, 1.54) is 0 Å².